The lowest BCUT2D eigenvalue weighted by Crippen LogP contribution is -2.20. The fraction of sp³-hybridized carbons (Fsp3) is 0.410. The van der Waals surface area contributed by atoms with Gasteiger partial charge in [0, 0.05) is 67.8 Å². The van der Waals surface area contributed by atoms with Gasteiger partial charge in [-0.25, -0.2) is 9.59 Å². The zero-order chi connectivity index (χ0) is 50.0. The Morgan fingerprint density at radius 2 is 1.18 bits per heavy atom. The number of aryl methyl sites for hydroxylation is 2. The van der Waals surface area contributed by atoms with E-state index < -0.39 is 5.97 Å². The van der Waals surface area contributed by atoms with Crippen molar-refractivity contribution in [2.75, 3.05) is 0 Å². The highest BCUT2D eigenvalue weighted by Crippen LogP contribution is 2.37. The second-order valence-electron chi connectivity index (χ2n) is 19.7. The van der Waals surface area contributed by atoms with Crippen LogP contribution in [-0.4, -0.2) is 44.1 Å². The Balaban J connectivity index is 0.981. The van der Waals surface area contributed by atoms with Gasteiger partial charge < -0.3 is 18.8 Å². The molecule has 1 aliphatic carbocycles. The number of hydrogen-bond acceptors (Lipinski definition) is 8. The molecule has 1 fully saturated rings. The van der Waals surface area contributed by atoms with E-state index in [0.717, 1.165) is 121 Å². The van der Waals surface area contributed by atoms with Crippen molar-refractivity contribution in [3.63, 3.8) is 0 Å². The Morgan fingerprint density at radius 3 is 1.82 bits per heavy atom. The molecule has 3 unspecified atom stereocenters. The Bertz CT molecular complexity index is 3100. The van der Waals surface area contributed by atoms with Crippen LogP contribution in [0.4, 0.5) is 0 Å². The van der Waals surface area contributed by atoms with Crippen molar-refractivity contribution in [1.82, 2.24) is 9.13 Å². The molecule has 0 saturated heterocycles. The quantitative estimate of drug-likeness (QED) is 0.0243. The number of para-hydroxylation sites is 1. The normalized spacial score (nSPS) is 14.6. The van der Waals surface area contributed by atoms with Crippen molar-refractivity contribution in [3.05, 3.63) is 131 Å². The predicted octanol–water partition coefficient (Wildman–Crippen LogP) is 15.2. The molecule has 0 bridgehead atoms. The lowest BCUT2D eigenvalue weighted by molar-refractivity contribution is -0.149. The Labute approximate surface area is 418 Å². The van der Waals surface area contributed by atoms with E-state index in [4.69, 9.17) is 9.68 Å². The molecule has 8 rings (SSSR count). The van der Waals surface area contributed by atoms with Crippen molar-refractivity contribution in [1.29, 1.82) is 0 Å². The number of aromatic nitrogens is 2. The second-order valence-corrected chi connectivity index (χ2v) is 19.7. The number of carbonyl (C=O) groups is 4. The third-order valence-electron chi connectivity index (χ3n) is 14.9. The summed E-state index contributed by atoms with van der Waals surface area (Å²) in [4.78, 5) is 65.6. The van der Waals surface area contributed by atoms with Gasteiger partial charge >= 0.3 is 11.9 Å². The molecule has 10 heteroatoms. The zero-order valence-corrected chi connectivity index (χ0v) is 42.5. The first-order chi connectivity index (χ1) is 34.6. The van der Waals surface area contributed by atoms with Crippen LogP contribution >= 0.6 is 0 Å². The van der Waals surface area contributed by atoms with E-state index in [0.29, 0.717) is 47.8 Å². The lowest BCUT2D eigenvalue weighted by Gasteiger charge is -2.19. The van der Waals surface area contributed by atoms with Gasteiger partial charge in [-0.1, -0.05) is 119 Å². The molecule has 2 aromatic heterocycles. The maximum atomic E-state index is 14.4. The Hall–Kier alpha value is -6.68. The first-order valence-corrected chi connectivity index (χ1v) is 26.3. The highest BCUT2D eigenvalue weighted by atomic mass is 16.7. The number of Topliss-reactive ketones (excluding diaryl/α,β-unsaturated/α-hetero) is 2. The molecule has 1 aliphatic rings. The molecule has 0 aliphatic heterocycles. The topological polar surface area (TPSA) is 121 Å². The SMILES string of the molecule is CCCCC(CC)C(=O)O/N=C(\CCC(C)CCC(CC)c1ccc2c3cc(C(=O)/C(CCC4CC4)=N/OC(=O)c4ccccc4)ccc3n(CC)c2c1)C(=O)c1ccc2c(c1)c1ccccc1n2CC. The van der Waals surface area contributed by atoms with Crippen molar-refractivity contribution >= 4 is 78.5 Å². The van der Waals surface area contributed by atoms with Gasteiger partial charge in [0.2, 0.25) is 11.6 Å². The molecular formula is C61H70N4O6. The Kier molecular flexibility index (Phi) is 16.8. The zero-order valence-electron chi connectivity index (χ0n) is 42.5. The minimum absolute atomic E-state index is 0.212. The summed E-state index contributed by atoms with van der Waals surface area (Å²) in [6.45, 7) is 14.4. The van der Waals surface area contributed by atoms with Gasteiger partial charge in [-0.15, -0.1) is 0 Å². The van der Waals surface area contributed by atoms with Gasteiger partial charge in [0.05, 0.1) is 11.5 Å². The number of unbranched alkanes of at least 4 members (excludes halogenated alkanes) is 1. The summed E-state index contributed by atoms with van der Waals surface area (Å²) in [7, 11) is 0. The summed E-state index contributed by atoms with van der Waals surface area (Å²) >= 11 is 0. The molecule has 370 valence electrons. The first kappa shape index (κ1) is 50.7. The van der Waals surface area contributed by atoms with Crippen LogP contribution in [0.25, 0.3) is 43.6 Å². The molecule has 10 nitrogen and oxygen atoms in total. The first-order valence-electron chi connectivity index (χ1n) is 26.3. The van der Waals surface area contributed by atoms with Crippen LogP contribution in [0.5, 0.6) is 0 Å². The van der Waals surface area contributed by atoms with Crippen LogP contribution in [-0.2, 0) is 27.6 Å². The number of benzene rings is 5. The number of ketones is 2. The van der Waals surface area contributed by atoms with Crippen LogP contribution in [0.1, 0.15) is 168 Å². The number of rotatable bonds is 25. The van der Waals surface area contributed by atoms with Crippen LogP contribution in [0, 0.1) is 17.8 Å². The van der Waals surface area contributed by atoms with Crippen LogP contribution in [0.2, 0.25) is 0 Å². The fourth-order valence-corrected chi connectivity index (χ4v) is 10.3. The summed E-state index contributed by atoms with van der Waals surface area (Å²) < 4.78 is 4.58. The standard InChI is InChI=1S/C61H70N4O6/c1-7-12-18-43(9-3)60(68)70-62-52(58(66)46-30-35-55-50(37-46)48-21-16-17-22-54(48)64(55)10-4)33-24-40(6)23-28-42(8-2)45-29-32-49-51-38-47(31-36-56(51)65(11-5)57(49)39-45)59(67)53(34-27-41-25-26-41)63-71-61(69)44-19-14-13-15-20-44/h13-17,19-22,29-32,35-43H,7-12,18,23-28,33-34H2,1-6H3/b62-52+,63-53+. The van der Waals surface area contributed by atoms with Gasteiger partial charge in [0.15, 0.2) is 0 Å². The summed E-state index contributed by atoms with van der Waals surface area (Å²) in [6, 6.07) is 35.5. The van der Waals surface area contributed by atoms with Gasteiger partial charge in [-0.05, 0) is 149 Å². The average molecular weight is 955 g/mol. The highest BCUT2D eigenvalue weighted by molar-refractivity contribution is 6.47. The van der Waals surface area contributed by atoms with Crippen LogP contribution < -0.4 is 0 Å². The van der Waals surface area contributed by atoms with E-state index in [2.05, 4.69) is 84.4 Å². The maximum absolute atomic E-state index is 14.4. The molecule has 0 radical (unpaired) electrons. The number of carbonyl (C=O) groups excluding carboxylic acids is 4. The third-order valence-corrected chi connectivity index (χ3v) is 14.9. The van der Waals surface area contributed by atoms with Gasteiger partial charge in [0.25, 0.3) is 0 Å². The van der Waals surface area contributed by atoms with E-state index in [1.807, 2.05) is 61.5 Å². The van der Waals surface area contributed by atoms with Crippen molar-refractivity contribution in [2.45, 2.75) is 144 Å². The number of nitrogens with zero attached hydrogens (tertiary/aromatic N) is 4. The monoisotopic (exact) mass is 955 g/mol. The number of fused-ring (bicyclic) bond motifs is 6. The number of hydrogen-bond donors (Lipinski definition) is 0. The minimum Gasteiger partial charge on any atom is -0.341 e. The van der Waals surface area contributed by atoms with Gasteiger partial charge in [0.1, 0.15) is 11.4 Å². The molecule has 7 aromatic rings. The molecule has 2 heterocycles. The van der Waals surface area contributed by atoms with E-state index in [-0.39, 0.29) is 40.8 Å². The fourth-order valence-electron chi connectivity index (χ4n) is 10.3. The third kappa shape index (κ3) is 11.6. The average Bonchev–Trinajstić information content (AvgIpc) is 4.11. The molecule has 0 amide bonds. The second kappa shape index (κ2) is 23.5. The van der Waals surface area contributed by atoms with Gasteiger partial charge in [-0.3, -0.25) is 9.59 Å². The van der Waals surface area contributed by atoms with Crippen LogP contribution in [0.15, 0.2) is 120 Å². The van der Waals surface area contributed by atoms with E-state index in [1.54, 1.807) is 24.3 Å². The Morgan fingerprint density at radius 1 is 0.577 bits per heavy atom. The smallest absolute Gasteiger partial charge is 0.341 e. The molecule has 5 aromatic carbocycles. The summed E-state index contributed by atoms with van der Waals surface area (Å²) in [5.41, 5.74) is 7.64. The summed E-state index contributed by atoms with van der Waals surface area (Å²) in [5, 5.41) is 12.7. The lowest BCUT2D eigenvalue weighted by atomic mass is 9.86. The van der Waals surface area contributed by atoms with Crippen molar-refractivity contribution in [2.24, 2.45) is 28.1 Å². The molecular weight excluding hydrogens is 885 g/mol. The van der Waals surface area contributed by atoms with E-state index >= 15 is 0 Å². The molecule has 3 atom stereocenters. The van der Waals surface area contributed by atoms with E-state index in [9.17, 15) is 19.2 Å². The van der Waals surface area contributed by atoms with Crippen molar-refractivity contribution < 1.29 is 28.9 Å². The molecule has 1 saturated carbocycles. The predicted molar refractivity (Wildman–Crippen MR) is 288 cm³/mol. The molecule has 0 spiro atoms. The number of oxime groups is 2. The molecule has 71 heavy (non-hydrogen) atoms. The summed E-state index contributed by atoms with van der Waals surface area (Å²) in [6.07, 6.45) is 10.9. The van der Waals surface area contributed by atoms with Gasteiger partial charge in [-0.2, -0.15) is 0 Å². The van der Waals surface area contributed by atoms with Crippen LogP contribution in [0.3, 0.4) is 0 Å². The largest absolute Gasteiger partial charge is 0.365 e. The maximum Gasteiger partial charge on any atom is 0.365 e. The van der Waals surface area contributed by atoms with Crippen molar-refractivity contribution in [3.8, 4) is 0 Å². The van der Waals surface area contributed by atoms with E-state index in [1.165, 1.54) is 5.56 Å². The highest BCUT2D eigenvalue weighted by Gasteiger charge is 2.26. The summed E-state index contributed by atoms with van der Waals surface area (Å²) in [5.74, 6) is -0.487. The minimum atomic E-state index is -0.588. The molecule has 0 N–H and O–H groups in total.